The van der Waals surface area contributed by atoms with Gasteiger partial charge in [-0.3, -0.25) is 9.36 Å². The van der Waals surface area contributed by atoms with Crippen LogP contribution in [0.5, 0.6) is 23.0 Å². The number of methoxy groups -OCH3 is 2. The third-order valence-electron chi connectivity index (χ3n) is 7.64. The number of aromatic nitrogens is 1. The van der Waals surface area contributed by atoms with Gasteiger partial charge < -0.3 is 28.4 Å². The van der Waals surface area contributed by atoms with E-state index in [-0.39, 0.29) is 24.3 Å². The van der Waals surface area contributed by atoms with E-state index in [9.17, 15) is 14.4 Å². The van der Waals surface area contributed by atoms with Gasteiger partial charge in [-0.1, -0.05) is 53.3 Å². The second-order valence-electron chi connectivity index (χ2n) is 11.0. The number of hydrogen-bond acceptors (Lipinski definition) is 11. The van der Waals surface area contributed by atoms with Crippen LogP contribution in [0.25, 0.3) is 6.08 Å². The molecule has 0 N–H and O–H groups in total. The highest BCUT2D eigenvalue weighted by Gasteiger charge is 2.34. The molecule has 1 atom stereocenters. The molecule has 0 amide bonds. The highest BCUT2D eigenvalue weighted by molar-refractivity contribution is 7.07. The van der Waals surface area contributed by atoms with Gasteiger partial charge in [0.1, 0.15) is 6.61 Å². The van der Waals surface area contributed by atoms with Crippen molar-refractivity contribution >= 4 is 29.4 Å². The van der Waals surface area contributed by atoms with Crippen molar-refractivity contribution in [2.24, 2.45) is 4.99 Å². The van der Waals surface area contributed by atoms with Crippen LogP contribution in [-0.4, -0.2) is 50.5 Å². The van der Waals surface area contributed by atoms with Crippen molar-refractivity contribution in [3.8, 4) is 23.0 Å². The van der Waals surface area contributed by atoms with E-state index in [0.29, 0.717) is 62.4 Å². The number of esters is 2. The first kappa shape index (κ1) is 35.0. The summed E-state index contributed by atoms with van der Waals surface area (Å²) in [6.07, 6.45) is 1.76. The maximum atomic E-state index is 14.2. The van der Waals surface area contributed by atoms with Gasteiger partial charge in [0.2, 0.25) is 0 Å². The van der Waals surface area contributed by atoms with Crippen molar-refractivity contribution in [1.82, 2.24) is 4.57 Å². The van der Waals surface area contributed by atoms with Crippen LogP contribution < -0.4 is 33.8 Å². The molecule has 0 bridgehead atoms. The third-order valence-corrected chi connectivity index (χ3v) is 8.62. The van der Waals surface area contributed by atoms with Gasteiger partial charge in [0.15, 0.2) is 34.4 Å². The van der Waals surface area contributed by atoms with E-state index in [0.717, 1.165) is 11.1 Å². The molecule has 0 unspecified atom stereocenters. The first-order chi connectivity index (χ1) is 23.7. The Morgan fingerprint density at radius 2 is 1.67 bits per heavy atom. The molecular weight excluding hydrogens is 648 g/mol. The second kappa shape index (κ2) is 15.7. The van der Waals surface area contributed by atoms with Crippen LogP contribution >= 0.6 is 11.3 Å². The molecule has 256 valence electrons. The Labute approximate surface area is 287 Å². The number of hydrogen-bond donors (Lipinski definition) is 0. The Morgan fingerprint density at radius 1 is 0.898 bits per heavy atom. The number of carbonyl (C=O) groups excluding carboxylic acids is 2. The normalized spacial score (nSPS) is 14.1. The third kappa shape index (κ3) is 7.86. The summed E-state index contributed by atoms with van der Waals surface area (Å²) in [7, 11) is 2.84. The molecule has 4 aromatic rings. The van der Waals surface area contributed by atoms with Gasteiger partial charge in [-0.05, 0) is 74.7 Å². The molecule has 49 heavy (non-hydrogen) atoms. The minimum atomic E-state index is -0.877. The highest BCUT2D eigenvalue weighted by atomic mass is 32.1. The van der Waals surface area contributed by atoms with E-state index in [1.54, 1.807) is 51.3 Å². The zero-order chi connectivity index (χ0) is 35.1. The van der Waals surface area contributed by atoms with Crippen LogP contribution in [-0.2, 0) is 25.7 Å². The molecule has 0 fully saturated rings. The van der Waals surface area contributed by atoms with Crippen LogP contribution in [0.4, 0.5) is 0 Å². The zero-order valence-electron chi connectivity index (χ0n) is 28.2. The van der Waals surface area contributed by atoms with E-state index < -0.39 is 18.0 Å². The van der Waals surface area contributed by atoms with Crippen molar-refractivity contribution in [2.75, 3.05) is 34.0 Å². The van der Waals surface area contributed by atoms with Gasteiger partial charge >= 0.3 is 11.9 Å². The lowest BCUT2D eigenvalue weighted by Gasteiger charge is -2.25. The minimum absolute atomic E-state index is 0.143. The number of ether oxygens (including phenoxy) is 6. The molecule has 1 aromatic heterocycles. The number of benzene rings is 3. The summed E-state index contributed by atoms with van der Waals surface area (Å²) >= 11 is 1.21. The summed E-state index contributed by atoms with van der Waals surface area (Å²) < 4.78 is 35.2. The summed E-state index contributed by atoms with van der Waals surface area (Å²) in [4.78, 5) is 44.3. The number of fused-ring (bicyclic) bond motifs is 1. The molecule has 11 nitrogen and oxygen atoms in total. The zero-order valence-corrected chi connectivity index (χ0v) is 29.1. The van der Waals surface area contributed by atoms with Crippen LogP contribution in [0.15, 0.2) is 81.7 Å². The van der Waals surface area contributed by atoms with Crippen molar-refractivity contribution in [2.45, 2.75) is 40.3 Å². The highest BCUT2D eigenvalue weighted by Crippen LogP contribution is 2.36. The second-order valence-corrected chi connectivity index (χ2v) is 12.0. The monoisotopic (exact) mass is 686 g/mol. The summed E-state index contributed by atoms with van der Waals surface area (Å²) in [5.41, 5.74) is 3.78. The molecule has 1 aliphatic rings. The predicted octanol–water partition coefficient (Wildman–Crippen LogP) is 4.64. The van der Waals surface area contributed by atoms with Crippen molar-refractivity contribution in [3.63, 3.8) is 0 Å². The summed E-state index contributed by atoms with van der Waals surface area (Å²) in [6, 6.07) is 17.7. The van der Waals surface area contributed by atoms with Crippen molar-refractivity contribution in [3.05, 3.63) is 114 Å². The van der Waals surface area contributed by atoms with Gasteiger partial charge in [-0.2, -0.15) is 0 Å². The van der Waals surface area contributed by atoms with Crippen LogP contribution in [0, 0.1) is 6.92 Å². The number of carbonyl (C=O) groups is 2. The molecular formula is C37H38N2O9S. The lowest BCUT2D eigenvalue weighted by Crippen LogP contribution is -2.40. The molecule has 12 heteroatoms. The smallest absolute Gasteiger partial charge is 0.343 e. The summed E-state index contributed by atoms with van der Waals surface area (Å²) in [6.45, 7) is 7.78. The SMILES string of the molecule is CCOC(=O)C1=C(C)N=c2s/c(=C\c3ccc(OCc4cccc(C)c4)c(OC)c3)c(=O)n2[C@H]1c1ccc(OCC(=O)OC)c(OCC)c1. The van der Waals surface area contributed by atoms with E-state index in [1.165, 1.54) is 23.0 Å². The fraction of sp³-hybridized carbons (Fsp3) is 0.297. The van der Waals surface area contributed by atoms with Crippen molar-refractivity contribution in [1.29, 1.82) is 0 Å². The number of thiazole rings is 1. The van der Waals surface area contributed by atoms with Crippen molar-refractivity contribution < 1.29 is 38.0 Å². The first-order valence-corrected chi connectivity index (χ1v) is 16.5. The lowest BCUT2D eigenvalue weighted by molar-refractivity contribution is -0.143. The fourth-order valence-corrected chi connectivity index (χ4v) is 6.44. The van der Waals surface area contributed by atoms with E-state index >= 15 is 0 Å². The standard InChI is InChI=1S/C37H38N2O9S/c1-7-45-30-19-26(13-15-28(30)48-21-32(40)44-6)34-33(36(42)46-8-2)23(4)38-37-39(34)35(41)31(49-37)18-24-12-14-27(29(17-24)43-5)47-20-25-11-9-10-22(3)16-25/h9-19,34H,7-8,20-21H2,1-6H3/b31-18-/t34-/m0/s1. The fourth-order valence-electron chi connectivity index (χ4n) is 5.39. The Bertz CT molecular complexity index is 2080. The molecule has 5 rings (SSSR count). The van der Waals surface area contributed by atoms with E-state index in [1.807, 2.05) is 44.2 Å². The Morgan fingerprint density at radius 3 is 2.39 bits per heavy atom. The molecule has 0 radical (unpaired) electrons. The van der Waals surface area contributed by atoms with E-state index in [2.05, 4.69) is 15.8 Å². The van der Waals surface area contributed by atoms with Gasteiger partial charge in [0.25, 0.3) is 5.56 Å². The minimum Gasteiger partial charge on any atom is -0.493 e. The topological polar surface area (TPSA) is 124 Å². The maximum Gasteiger partial charge on any atom is 0.343 e. The molecule has 2 heterocycles. The Kier molecular flexibility index (Phi) is 11.2. The number of aryl methyl sites for hydroxylation is 1. The van der Waals surface area contributed by atoms with Gasteiger partial charge in [0.05, 0.1) is 49.3 Å². The molecule has 1 aliphatic heterocycles. The number of nitrogens with zero attached hydrogens (tertiary/aromatic N) is 2. The average Bonchev–Trinajstić information content (AvgIpc) is 3.39. The molecule has 0 spiro atoms. The maximum absolute atomic E-state index is 14.2. The van der Waals surface area contributed by atoms with Crippen LogP contribution in [0.2, 0.25) is 0 Å². The molecule has 3 aromatic carbocycles. The van der Waals surface area contributed by atoms with Gasteiger partial charge in [-0.15, -0.1) is 0 Å². The Balaban J connectivity index is 1.56. The summed E-state index contributed by atoms with van der Waals surface area (Å²) in [5, 5.41) is 0. The van der Waals surface area contributed by atoms with E-state index in [4.69, 9.17) is 23.7 Å². The number of allylic oxidation sites excluding steroid dienone is 1. The van der Waals surface area contributed by atoms with Crippen LogP contribution in [0.3, 0.4) is 0 Å². The predicted molar refractivity (Wildman–Crippen MR) is 184 cm³/mol. The number of rotatable bonds is 13. The average molecular weight is 687 g/mol. The lowest BCUT2D eigenvalue weighted by atomic mass is 9.95. The Hall–Kier alpha value is -5.36. The van der Waals surface area contributed by atoms with Gasteiger partial charge in [0, 0.05) is 0 Å². The van der Waals surface area contributed by atoms with Crippen LogP contribution in [0.1, 0.15) is 49.1 Å². The molecule has 0 saturated carbocycles. The molecule has 0 saturated heterocycles. The quantitative estimate of drug-likeness (QED) is 0.185. The summed E-state index contributed by atoms with van der Waals surface area (Å²) in [5.74, 6) is 0.594. The largest absolute Gasteiger partial charge is 0.493 e. The first-order valence-electron chi connectivity index (χ1n) is 15.7. The molecule has 0 aliphatic carbocycles. The van der Waals surface area contributed by atoms with Gasteiger partial charge in [-0.25, -0.2) is 14.6 Å².